The van der Waals surface area contributed by atoms with Gasteiger partial charge in [0.15, 0.2) is 0 Å². The first kappa shape index (κ1) is 17.4. The van der Waals surface area contributed by atoms with Gasteiger partial charge in [-0.3, -0.25) is 4.79 Å². The second kappa shape index (κ2) is 7.23. The molecule has 0 aliphatic heterocycles. The second-order valence-corrected chi connectivity index (χ2v) is 7.02. The number of carbonyl (C=O) groups is 1. The summed E-state index contributed by atoms with van der Waals surface area (Å²) in [5.41, 5.74) is 2.56. The van der Waals surface area contributed by atoms with E-state index in [-0.39, 0.29) is 12.5 Å². The Hall–Kier alpha value is -2.40. The Morgan fingerprint density at radius 3 is 2.64 bits per heavy atom. The van der Waals surface area contributed by atoms with Crippen molar-refractivity contribution in [1.29, 1.82) is 0 Å². The molecule has 0 saturated carbocycles. The van der Waals surface area contributed by atoms with Crippen LogP contribution in [0.4, 0.5) is 0 Å². The van der Waals surface area contributed by atoms with Crippen molar-refractivity contribution in [3.8, 4) is 0 Å². The zero-order chi connectivity index (χ0) is 18.0. The van der Waals surface area contributed by atoms with Crippen LogP contribution in [0.5, 0.6) is 0 Å². The van der Waals surface area contributed by atoms with Crippen molar-refractivity contribution < 1.29 is 9.21 Å². The third kappa shape index (κ3) is 3.82. The molecule has 0 aliphatic rings. The highest BCUT2D eigenvalue weighted by atomic mass is 79.9. The number of fused-ring (bicyclic) bond motifs is 1. The van der Waals surface area contributed by atoms with E-state index in [0.717, 1.165) is 21.0 Å². The highest BCUT2D eigenvalue weighted by Gasteiger charge is 2.12. The van der Waals surface area contributed by atoms with Gasteiger partial charge < -0.3 is 9.73 Å². The minimum absolute atomic E-state index is 0.200. The lowest BCUT2D eigenvalue weighted by Crippen LogP contribution is -2.23. The zero-order valence-corrected chi connectivity index (χ0v) is 15.6. The molecule has 4 nitrogen and oxygen atoms in total. The molecule has 1 heterocycles. The summed E-state index contributed by atoms with van der Waals surface area (Å²) in [4.78, 5) is 24.2. The smallest absolute Gasteiger partial charge is 0.336 e. The van der Waals surface area contributed by atoms with Gasteiger partial charge in [-0.05, 0) is 57.2 Å². The van der Waals surface area contributed by atoms with Gasteiger partial charge in [-0.2, -0.15) is 0 Å². The van der Waals surface area contributed by atoms with Crippen LogP contribution in [0, 0.1) is 0 Å². The molecule has 0 saturated heterocycles. The molecule has 0 spiro atoms. The quantitative estimate of drug-likeness (QED) is 0.651. The second-order valence-electron chi connectivity index (χ2n) is 6.16. The van der Waals surface area contributed by atoms with Gasteiger partial charge in [-0.15, -0.1) is 0 Å². The number of carbonyl (C=O) groups excluding carboxylic acids is 1. The number of amides is 1. The zero-order valence-electron chi connectivity index (χ0n) is 14.0. The number of hydrogen-bond acceptors (Lipinski definition) is 3. The Morgan fingerprint density at radius 2 is 1.92 bits per heavy atom. The molecule has 128 valence electrons. The molecule has 25 heavy (non-hydrogen) atoms. The molecule has 0 bridgehead atoms. The van der Waals surface area contributed by atoms with E-state index < -0.39 is 5.63 Å². The topological polar surface area (TPSA) is 59.3 Å². The normalized spacial score (nSPS) is 11.0. The summed E-state index contributed by atoms with van der Waals surface area (Å²) in [7, 11) is 0. The Morgan fingerprint density at radius 1 is 1.16 bits per heavy atom. The fourth-order valence-corrected chi connectivity index (χ4v) is 3.13. The first-order valence-corrected chi connectivity index (χ1v) is 8.84. The molecule has 1 N–H and O–H groups in total. The fraction of sp³-hybridized carbons (Fsp3) is 0.200. The van der Waals surface area contributed by atoms with Crippen LogP contribution in [0.15, 0.2) is 62.2 Å². The predicted octanol–water partition coefficient (Wildman–Crippen LogP) is 4.61. The Labute approximate surface area is 154 Å². The van der Waals surface area contributed by atoms with E-state index in [0.29, 0.717) is 17.1 Å². The van der Waals surface area contributed by atoms with E-state index in [2.05, 4.69) is 35.1 Å². The van der Waals surface area contributed by atoms with Gasteiger partial charge in [0, 0.05) is 22.5 Å². The summed E-state index contributed by atoms with van der Waals surface area (Å²) < 4.78 is 6.00. The number of halogens is 1. The van der Waals surface area contributed by atoms with Gasteiger partial charge in [0.25, 0.3) is 5.91 Å². The van der Waals surface area contributed by atoms with Crippen LogP contribution in [-0.4, -0.2) is 5.91 Å². The van der Waals surface area contributed by atoms with Crippen LogP contribution in [0.1, 0.15) is 41.3 Å². The largest absolute Gasteiger partial charge is 0.423 e. The molecule has 0 atom stereocenters. The van der Waals surface area contributed by atoms with E-state index in [1.54, 1.807) is 12.1 Å². The molecule has 0 radical (unpaired) electrons. The lowest BCUT2D eigenvalue weighted by Gasteiger charge is -2.11. The highest BCUT2D eigenvalue weighted by Crippen LogP contribution is 2.23. The van der Waals surface area contributed by atoms with Crippen molar-refractivity contribution in [2.45, 2.75) is 26.3 Å². The van der Waals surface area contributed by atoms with Gasteiger partial charge in [-0.25, -0.2) is 4.79 Å². The maximum absolute atomic E-state index is 12.4. The third-order valence-electron chi connectivity index (χ3n) is 4.08. The maximum Gasteiger partial charge on any atom is 0.336 e. The number of nitrogens with one attached hydrogen (secondary N) is 1. The van der Waals surface area contributed by atoms with Crippen LogP contribution in [-0.2, 0) is 6.54 Å². The van der Waals surface area contributed by atoms with Gasteiger partial charge >= 0.3 is 5.63 Å². The van der Waals surface area contributed by atoms with E-state index >= 15 is 0 Å². The number of benzene rings is 2. The van der Waals surface area contributed by atoms with Gasteiger partial charge in [-0.1, -0.05) is 32.0 Å². The van der Waals surface area contributed by atoms with Gasteiger partial charge in [0.2, 0.25) is 0 Å². The van der Waals surface area contributed by atoms with E-state index in [1.165, 1.54) is 6.07 Å². The van der Waals surface area contributed by atoms with Crippen LogP contribution >= 0.6 is 15.9 Å². The van der Waals surface area contributed by atoms with Crippen LogP contribution in [0.3, 0.4) is 0 Å². The van der Waals surface area contributed by atoms with E-state index in [9.17, 15) is 9.59 Å². The predicted molar refractivity (Wildman–Crippen MR) is 102 cm³/mol. The molecule has 3 aromatic rings. The van der Waals surface area contributed by atoms with Crippen LogP contribution < -0.4 is 10.9 Å². The average Bonchev–Trinajstić information content (AvgIpc) is 2.59. The highest BCUT2D eigenvalue weighted by molar-refractivity contribution is 9.10. The molecule has 0 aliphatic carbocycles. The van der Waals surface area contributed by atoms with Crippen molar-refractivity contribution in [1.82, 2.24) is 5.32 Å². The van der Waals surface area contributed by atoms with E-state index in [4.69, 9.17) is 4.42 Å². The van der Waals surface area contributed by atoms with Gasteiger partial charge in [0.1, 0.15) is 5.58 Å². The summed E-state index contributed by atoms with van der Waals surface area (Å²) in [6, 6.07) is 14.4. The van der Waals surface area contributed by atoms with Crippen molar-refractivity contribution in [3.63, 3.8) is 0 Å². The number of rotatable bonds is 4. The molecular formula is C20H18BrNO3. The maximum atomic E-state index is 12.4. The fourth-order valence-electron chi connectivity index (χ4n) is 2.67. The van der Waals surface area contributed by atoms with Crippen molar-refractivity contribution in [3.05, 3.63) is 80.1 Å². The summed E-state index contributed by atoms with van der Waals surface area (Å²) in [5, 5.41) is 3.72. The van der Waals surface area contributed by atoms with Crippen molar-refractivity contribution in [2.75, 3.05) is 0 Å². The van der Waals surface area contributed by atoms with Crippen molar-refractivity contribution in [2.24, 2.45) is 0 Å². The molecule has 5 heteroatoms. The molecule has 0 fully saturated rings. The lowest BCUT2D eigenvalue weighted by atomic mass is 9.99. The SMILES string of the molecule is CC(C)c1ccc2oc(=O)cc(CNC(=O)c3ccccc3Br)c2c1. The Kier molecular flexibility index (Phi) is 5.04. The number of hydrogen-bond donors (Lipinski definition) is 1. The summed E-state index contributed by atoms with van der Waals surface area (Å²) in [5.74, 6) is 0.160. The minimum atomic E-state index is -0.421. The first-order valence-electron chi connectivity index (χ1n) is 8.05. The summed E-state index contributed by atoms with van der Waals surface area (Å²) in [6.07, 6.45) is 0. The monoisotopic (exact) mass is 399 g/mol. The summed E-state index contributed by atoms with van der Waals surface area (Å²) >= 11 is 3.37. The Bertz CT molecular complexity index is 992. The minimum Gasteiger partial charge on any atom is -0.423 e. The standard InChI is InChI=1S/C20H18BrNO3/c1-12(2)13-7-8-18-16(9-13)14(10-19(23)25-18)11-22-20(24)15-5-3-4-6-17(15)21/h3-10,12H,11H2,1-2H3,(H,22,24). The molecule has 3 rings (SSSR count). The molecule has 2 aromatic carbocycles. The van der Waals surface area contributed by atoms with Gasteiger partial charge in [0.05, 0.1) is 5.56 Å². The average molecular weight is 400 g/mol. The van der Waals surface area contributed by atoms with E-state index in [1.807, 2.05) is 30.3 Å². The van der Waals surface area contributed by atoms with Crippen LogP contribution in [0.25, 0.3) is 11.0 Å². The third-order valence-corrected chi connectivity index (χ3v) is 4.77. The molecule has 1 aromatic heterocycles. The first-order chi connectivity index (χ1) is 12.0. The summed E-state index contributed by atoms with van der Waals surface area (Å²) in [6.45, 7) is 4.47. The molecule has 1 amide bonds. The Balaban J connectivity index is 1.92. The lowest BCUT2D eigenvalue weighted by molar-refractivity contribution is 0.0950. The van der Waals surface area contributed by atoms with Crippen molar-refractivity contribution >= 4 is 32.8 Å². The van der Waals surface area contributed by atoms with Crippen LogP contribution in [0.2, 0.25) is 0 Å². The molecule has 0 unspecified atom stereocenters. The molecular weight excluding hydrogens is 382 g/mol.